The first-order valence-corrected chi connectivity index (χ1v) is 7.10. The van der Waals surface area contributed by atoms with Crippen molar-refractivity contribution in [3.63, 3.8) is 0 Å². The number of amides is 1. The molecule has 98 valence electrons. The number of carbonyl (C=O) groups excluding carboxylic acids is 1. The van der Waals surface area contributed by atoms with Gasteiger partial charge in [-0.05, 0) is 18.0 Å². The normalized spacial score (nSPS) is 18.7. The summed E-state index contributed by atoms with van der Waals surface area (Å²) in [6.45, 7) is 3.13. The molecule has 0 aromatic carbocycles. The molecule has 1 saturated heterocycles. The number of carbonyl (C=O) groups is 1. The Morgan fingerprint density at radius 2 is 2.28 bits per heavy atom. The number of piperidine rings is 1. The standard InChI is InChI=1S/C11H14ClN3O2S/c1-7(16)15-4-2-8(3-5-15)11-13-9(6-18-11)10(12)14-17/h6,8,10H,2-5H2,1H3. The third kappa shape index (κ3) is 2.87. The molecule has 0 N–H and O–H groups in total. The summed E-state index contributed by atoms with van der Waals surface area (Å²) in [6, 6.07) is 0. The maximum atomic E-state index is 11.2. The van der Waals surface area contributed by atoms with Crippen LogP contribution < -0.4 is 0 Å². The highest BCUT2D eigenvalue weighted by Crippen LogP contribution is 2.32. The van der Waals surface area contributed by atoms with Gasteiger partial charge in [-0.3, -0.25) is 4.79 Å². The lowest BCUT2D eigenvalue weighted by Crippen LogP contribution is -2.36. The molecule has 18 heavy (non-hydrogen) atoms. The smallest absolute Gasteiger partial charge is 0.219 e. The number of rotatable bonds is 3. The van der Waals surface area contributed by atoms with E-state index in [9.17, 15) is 9.70 Å². The van der Waals surface area contributed by atoms with E-state index in [-0.39, 0.29) is 5.91 Å². The molecular weight excluding hydrogens is 274 g/mol. The molecule has 0 saturated carbocycles. The van der Waals surface area contributed by atoms with Crippen LogP contribution in [0.4, 0.5) is 0 Å². The van der Waals surface area contributed by atoms with Crippen molar-refractivity contribution in [3.8, 4) is 0 Å². The van der Waals surface area contributed by atoms with Crippen molar-refractivity contribution in [1.82, 2.24) is 9.88 Å². The Morgan fingerprint density at radius 3 is 2.83 bits per heavy atom. The summed E-state index contributed by atoms with van der Waals surface area (Å²) in [7, 11) is 0. The van der Waals surface area contributed by atoms with Crippen molar-refractivity contribution in [2.75, 3.05) is 13.1 Å². The van der Waals surface area contributed by atoms with E-state index in [0.717, 1.165) is 30.9 Å². The number of likely N-dealkylation sites (tertiary alicyclic amines) is 1. The molecule has 2 rings (SSSR count). The third-order valence-electron chi connectivity index (χ3n) is 3.17. The Kier molecular flexibility index (Phi) is 4.29. The lowest BCUT2D eigenvalue weighted by atomic mass is 9.97. The number of halogens is 1. The van der Waals surface area contributed by atoms with E-state index in [1.807, 2.05) is 4.90 Å². The topological polar surface area (TPSA) is 62.6 Å². The monoisotopic (exact) mass is 287 g/mol. The largest absolute Gasteiger partial charge is 0.343 e. The van der Waals surface area contributed by atoms with Crippen LogP contribution >= 0.6 is 22.9 Å². The van der Waals surface area contributed by atoms with Crippen LogP contribution in [-0.2, 0) is 4.79 Å². The van der Waals surface area contributed by atoms with E-state index in [1.165, 1.54) is 11.3 Å². The van der Waals surface area contributed by atoms with E-state index >= 15 is 0 Å². The minimum atomic E-state index is -0.896. The first kappa shape index (κ1) is 13.4. The van der Waals surface area contributed by atoms with E-state index in [1.54, 1.807) is 12.3 Å². The number of aromatic nitrogens is 1. The molecule has 0 aliphatic carbocycles. The van der Waals surface area contributed by atoms with Crippen molar-refractivity contribution in [1.29, 1.82) is 0 Å². The van der Waals surface area contributed by atoms with Gasteiger partial charge in [0, 0.05) is 31.3 Å². The zero-order valence-electron chi connectivity index (χ0n) is 10.0. The molecule has 0 radical (unpaired) electrons. The summed E-state index contributed by atoms with van der Waals surface area (Å²) in [6.07, 6.45) is 1.82. The van der Waals surface area contributed by atoms with Gasteiger partial charge in [0.2, 0.25) is 11.4 Å². The van der Waals surface area contributed by atoms with Crippen LogP contribution in [0.25, 0.3) is 0 Å². The van der Waals surface area contributed by atoms with Crippen LogP contribution in [0.3, 0.4) is 0 Å². The number of hydrogen-bond acceptors (Lipinski definition) is 5. The molecule has 1 amide bonds. The second-order valence-electron chi connectivity index (χ2n) is 4.33. The minimum absolute atomic E-state index is 0.124. The summed E-state index contributed by atoms with van der Waals surface area (Å²) in [5.74, 6) is 0.481. The Hall–Kier alpha value is -1.01. The lowest BCUT2D eigenvalue weighted by Gasteiger charge is -2.30. The van der Waals surface area contributed by atoms with E-state index in [0.29, 0.717) is 11.6 Å². The average Bonchev–Trinajstić information content (AvgIpc) is 2.87. The third-order valence-corrected chi connectivity index (χ3v) is 4.49. The highest BCUT2D eigenvalue weighted by Gasteiger charge is 2.25. The molecule has 1 aliphatic heterocycles. The van der Waals surface area contributed by atoms with Crippen LogP contribution in [-0.4, -0.2) is 28.9 Å². The fraction of sp³-hybridized carbons (Fsp3) is 0.636. The number of nitroso groups, excluding NO2 is 1. The summed E-state index contributed by atoms with van der Waals surface area (Å²) < 4.78 is 0. The molecule has 1 unspecified atom stereocenters. The zero-order valence-corrected chi connectivity index (χ0v) is 11.6. The molecule has 1 fully saturated rings. The highest BCUT2D eigenvalue weighted by atomic mass is 35.5. The van der Waals surface area contributed by atoms with Gasteiger partial charge in [-0.1, -0.05) is 11.6 Å². The lowest BCUT2D eigenvalue weighted by molar-refractivity contribution is -0.129. The molecule has 0 bridgehead atoms. The van der Waals surface area contributed by atoms with Gasteiger partial charge in [0.25, 0.3) is 0 Å². The fourth-order valence-electron chi connectivity index (χ4n) is 2.09. The molecule has 1 aliphatic rings. The number of nitrogens with zero attached hydrogens (tertiary/aromatic N) is 3. The Balaban J connectivity index is 1.99. The van der Waals surface area contributed by atoms with Gasteiger partial charge in [-0.15, -0.1) is 16.2 Å². The molecule has 1 atom stereocenters. The first-order valence-electron chi connectivity index (χ1n) is 5.79. The van der Waals surface area contributed by atoms with Gasteiger partial charge < -0.3 is 4.90 Å². The van der Waals surface area contributed by atoms with Gasteiger partial charge in [0.1, 0.15) is 0 Å². The molecule has 1 aromatic rings. The van der Waals surface area contributed by atoms with E-state index < -0.39 is 5.50 Å². The predicted octanol–water partition coefficient (Wildman–Crippen LogP) is 2.87. The van der Waals surface area contributed by atoms with Crippen molar-refractivity contribution in [2.24, 2.45) is 5.18 Å². The van der Waals surface area contributed by atoms with Crippen molar-refractivity contribution < 1.29 is 4.79 Å². The van der Waals surface area contributed by atoms with Crippen LogP contribution in [0.2, 0.25) is 0 Å². The minimum Gasteiger partial charge on any atom is -0.343 e. The van der Waals surface area contributed by atoms with Gasteiger partial charge in [-0.2, -0.15) is 0 Å². The SMILES string of the molecule is CC(=O)N1CCC(c2nc(C(Cl)N=O)cs2)CC1. The maximum Gasteiger partial charge on any atom is 0.219 e. The van der Waals surface area contributed by atoms with Gasteiger partial charge in [0.15, 0.2) is 0 Å². The molecule has 7 heteroatoms. The number of thiazole rings is 1. The Bertz CT molecular complexity index is 443. The zero-order chi connectivity index (χ0) is 13.1. The van der Waals surface area contributed by atoms with E-state index in [4.69, 9.17) is 11.6 Å². The fourth-order valence-corrected chi connectivity index (χ4v) is 3.29. The van der Waals surface area contributed by atoms with Crippen molar-refractivity contribution in [3.05, 3.63) is 21.0 Å². The van der Waals surface area contributed by atoms with Crippen molar-refractivity contribution >= 4 is 28.8 Å². The second-order valence-corrected chi connectivity index (χ2v) is 5.64. The molecule has 2 heterocycles. The summed E-state index contributed by atoms with van der Waals surface area (Å²) in [5.41, 5.74) is -0.368. The van der Waals surface area contributed by atoms with Gasteiger partial charge >= 0.3 is 0 Å². The van der Waals surface area contributed by atoms with Crippen LogP contribution in [0.1, 0.15) is 41.9 Å². The molecule has 5 nitrogen and oxygen atoms in total. The molecule has 0 spiro atoms. The summed E-state index contributed by atoms with van der Waals surface area (Å²) in [4.78, 5) is 27.8. The molecule has 1 aromatic heterocycles. The second kappa shape index (κ2) is 5.75. The molecular formula is C11H14ClN3O2S. The number of hydrogen-bond donors (Lipinski definition) is 0. The summed E-state index contributed by atoms with van der Waals surface area (Å²) >= 11 is 7.23. The Morgan fingerprint density at radius 1 is 1.61 bits per heavy atom. The number of alkyl halides is 1. The quantitative estimate of drug-likeness (QED) is 0.488. The maximum absolute atomic E-state index is 11.2. The first-order chi connectivity index (χ1) is 8.61. The van der Waals surface area contributed by atoms with Crippen molar-refractivity contribution in [2.45, 2.75) is 31.2 Å². The highest BCUT2D eigenvalue weighted by molar-refractivity contribution is 7.09. The van der Waals surface area contributed by atoms with Crippen LogP contribution in [0, 0.1) is 4.91 Å². The van der Waals surface area contributed by atoms with Gasteiger partial charge in [-0.25, -0.2) is 4.98 Å². The van der Waals surface area contributed by atoms with Crippen LogP contribution in [0.15, 0.2) is 10.6 Å². The van der Waals surface area contributed by atoms with Crippen LogP contribution in [0.5, 0.6) is 0 Å². The Labute approximate surface area is 114 Å². The van der Waals surface area contributed by atoms with Gasteiger partial charge in [0.05, 0.1) is 10.7 Å². The predicted molar refractivity (Wildman–Crippen MR) is 70.7 cm³/mol. The summed E-state index contributed by atoms with van der Waals surface area (Å²) in [5, 5.41) is 5.53. The average molecular weight is 288 g/mol. The van der Waals surface area contributed by atoms with E-state index in [2.05, 4.69) is 10.2 Å².